The van der Waals surface area contributed by atoms with E-state index >= 15 is 0 Å². The lowest BCUT2D eigenvalue weighted by molar-refractivity contribution is 0.0652. The molecule has 0 aromatic rings. The van der Waals surface area contributed by atoms with Gasteiger partial charge in [-0.3, -0.25) is 4.90 Å². The number of aliphatic hydroxyl groups is 1. The Morgan fingerprint density at radius 1 is 1.06 bits per heavy atom. The minimum Gasteiger partial charge on any atom is -0.393 e. The monoisotopic (exact) mass is 242 g/mol. The second kappa shape index (κ2) is 7.34. The van der Waals surface area contributed by atoms with Crippen LogP contribution in [0.3, 0.4) is 0 Å². The van der Waals surface area contributed by atoms with Gasteiger partial charge in [-0.2, -0.15) is 0 Å². The van der Waals surface area contributed by atoms with Crippen LogP contribution in [0, 0.1) is 5.92 Å². The molecule has 0 aliphatic heterocycles. The maximum atomic E-state index is 9.58. The van der Waals surface area contributed by atoms with Crippen LogP contribution in [0.1, 0.15) is 39.5 Å². The standard InChI is InChI=1S/C14H30N2O/c1-12(2)11-16(10-9-15(3)4)13-5-7-14(17)8-6-13/h12-14,17H,5-11H2,1-4H3. The summed E-state index contributed by atoms with van der Waals surface area (Å²) in [6.45, 7) is 8.06. The van der Waals surface area contributed by atoms with E-state index in [-0.39, 0.29) is 6.10 Å². The molecule has 1 N–H and O–H groups in total. The van der Waals surface area contributed by atoms with Crippen molar-refractivity contribution in [2.24, 2.45) is 5.92 Å². The second-order valence-corrected chi connectivity index (χ2v) is 6.15. The van der Waals surface area contributed by atoms with Crippen molar-refractivity contribution in [2.75, 3.05) is 33.7 Å². The zero-order valence-corrected chi connectivity index (χ0v) is 12.0. The summed E-state index contributed by atoms with van der Waals surface area (Å²) in [6.07, 6.45) is 4.27. The van der Waals surface area contributed by atoms with Gasteiger partial charge in [-0.15, -0.1) is 0 Å². The number of aliphatic hydroxyl groups excluding tert-OH is 1. The van der Waals surface area contributed by atoms with E-state index in [2.05, 4.69) is 37.7 Å². The highest BCUT2D eigenvalue weighted by Gasteiger charge is 2.24. The highest BCUT2D eigenvalue weighted by atomic mass is 16.3. The fourth-order valence-corrected chi connectivity index (χ4v) is 2.64. The molecule has 102 valence electrons. The lowest BCUT2D eigenvalue weighted by atomic mass is 9.91. The zero-order valence-electron chi connectivity index (χ0n) is 12.0. The summed E-state index contributed by atoms with van der Waals surface area (Å²) in [7, 11) is 4.27. The summed E-state index contributed by atoms with van der Waals surface area (Å²) in [5, 5.41) is 9.58. The molecule has 3 nitrogen and oxygen atoms in total. The molecule has 0 unspecified atom stereocenters. The van der Waals surface area contributed by atoms with E-state index in [0.717, 1.165) is 31.8 Å². The minimum absolute atomic E-state index is 0.0407. The summed E-state index contributed by atoms with van der Waals surface area (Å²) >= 11 is 0. The van der Waals surface area contributed by atoms with Gasteiger partial charge in [-0.05, 0) is 45.7 Å². The van der Waals surface area contributed by atoms with Gasteiger partial charge in [0.25, 0.3) is 0 Å². The maximum absolute atomic E-state index is 9.58. The number of hydrogen-bond acceptors (Lipinski definition) is 3. The van der Waals surface area contributed by atoms with E-state index in [1.165, 1.54) is 19.4 Å². The molecule has 0 aromatic carbocycles. The Balaban J connectivity index is 2.43. The molecule has 1 aliphatic rings. The third-order valence-electron chi connectivity index (χ3n) is 3.62. The molecule has 0 atom stereocenters. The number of nitrogens with zero attached hydrogens (tertiary/aromatic N) is 2. The highest BCUT2D eigenvalue weighted by Crippen LogP contribution is 2.23. The summed E-state index contributed by atoms with van der Waals surface area (Å²) in [5.74, 6) is 0.726. The normalized spacial score (nSPS) is 26.1. The average Bonchev–Trinajstić information content (AvgIpc) is 2.25. The van der Waals surface area contributed by atoms with E-state index in [1.54, 1.807) is 0 Å². The first kappa shape index (κ1) is 14.9. The number of likely N-dealkylation sites (N-methyl/N-ethyl adjacent to an activating group) is 1. The molecule has 17 heavy (non-hydrogen) atoms. The van der Waals surface area contributed by atoms with Crippen molar-refractivity contribution >= 4 is 0 Å². The van der Waals surface area contributed by atoms with Crippen molar-refractivity contribution in [3.05, 3.63) is 0 Å². The quantitative estimate of drug-likeness (QED) is 0.769. The summed E-state index contributed by atoms with van der Waals surface area (Å²) in [5.41, 5.74) is 0. The molecular weight excluding hydrogens is 212 g/mol. The molecule has 0 spiro atoms. The Morgan fingerprint density at radius 2 is 1.65 bits per heavy atom. The average molecular weight is 242 g/mol. The van der Waals surface area contributed by atoms with Gasteiger partial charge in [0.05, 0.1) is 6.10 Å². The van der Waals surface area contributed by atoms with Gasteiger partial charge in [0.15, 0.2) is 0 Å². The SMILES string of the molecule is CC(C)CN(CCN(C)C)C1CCC(O)CC1. The predicted molar refractivity (Wildman–Crippen MR) is 73.2 cm³/mol. The molecule has 1 fully saturated rings. The van der Waals surface area contributed by atoms with Crippen LogP contribution in [0.4, 0.5) is 0 Å². The second-order valence-electron chi connectivity index (χ2n) is 6.15. The van der Waals surface area contributed by atoms with Crippen LogP contribution in [0.25, 0.3) is 0 Å². The third-order valence-corrected chi connectivity index (χ3v) is 3.62. The van der Waals surface area contributed by atoms with Gasteiger partial charge < -0.3 is 10.0 Å². The molecule has 1 aliphatic carbocycles. The highest BCUT2D eigenvalue weighted by molar-refractivity contribution is 4.80. The van der Waals surface area contributed by atoms with Gasteiger partial charge in [0, 0.05) is 25.7 Å². The van der Waals surface area contributed by atoms with Crippen LogP contribution in [-0.4, -0.2) is 60.8 Å². The van der Waals surface area contributed by atoms with Crippen molar-refractivity contribution < 1.29 is 5.11 Å². The van der Waals surface area contributed by atoms with Gasteiger partial charge in [-0.25, -0.2) is 0 Å². The molecule has 0 radical (unpaired) electrons. The smallest absolute Gasteiger partial charge is 0.0541 e. The van der Waals surface area contributed by atoms with Crippen LogP contribution >= 0.6 is 0 Å². The zero-order chi connectivity index (χ0) is 12.8. The van der Waals surface area contributed by atoms with E-state index in [1.807, 2.05) is 0 Å². The molecular formula is C14H30N2O. The first-order chi connectivity index (χ1) is 7.99. The molecule has 0 saturated heterocycles. The van der Waals surface area contributed by atoms with Crippen LogP contribution in [0.2, 0.25) is 0 Å². The lowest BCUT2D eigenvalue weighted by Gasteiger charge is -2.37. The van der Waals surface area contributed by atoms with Crippen molar-refractivity contribution in [1.82, 2.24) is 9.80 Å². The fraction of sp³-hybridized carbons (Fsp3) is 1.00. The van der Waals surface area contributed by atoms with Crippen molar-refractivity contribution in [1.29, 1.82) is 0 Å². The van der Waals surface area contributed by atoms with Gasteiger partial charge in [-0.1, -0.05) is 13.8 Å². The first-order valence-electron chi connectivity index (χ1n) is 7.06. The fourth-order valence-electron chi connectivity index (χ4n) is 2.64. The van der Waals surface area contributed by atoms with Crippen LogP contribution in [0.15, 0.2) is 0 Å². The third kappa shape index (κ3) is 5.84. The van der Waals surface area contributed by atoms with E-state index in [4.69, 9.17) is 0 Å². The summed E-state index contributed by atoms with van der Waals surface area (Å²) in [6, 6.07) is 0.695. The molecule has 0 bridgehead atoms. The maximum Gasteiger partial charge on any atom is 0.0541 e. The minimum atomic E-state index is -0.0407. The van der Waals surface area contributed by atoms with Crippen molar-refractivity contribution in [3.63, 3.8) is 0 Å². The summed E-state index contributed by atoms with van der Waals surface area (Å²) < 4.78 is 0. The number of rotatable bonds is 6. The predicted octanol–water partition coefficient (Wildman–Crippen LogP) is 1.81. The van der Waals surface area contributed by atoms with E-state index in [9.17, 15) is 5.11 Å². The van der Waals surface area contributed by atoms with Gasteiger partial charge >= 0.3 is 0 Å². The Labute approximate surface area is 107 Å². The van der Waals surface area contributed by atoms with Crippen LogP contribution < -0.4 is 0 Å². The Hall–Kier alpha value is -0.120. The molecule has 1 rings (SSSR count). The first-order valence-corrected chi connectivity index (χ1v) is 7.06. The lowest BCUT2D eigenvalue weighted by Crippen LogP contribution is -2.44. The van der Waals surface area contributed by atoms with Gasteiger partial charge in [0.1, 0.15) is 0 Å². The van der Waals surface area contributed by atoms with E-state index in [0.29, 0.717) is 6.04 Å². The topological polar surface area (TPSA) is 26.7 Å². The van der Waals surface area contributed by atoms with Crippen LogP contribution in [0.5, 0.6) is 0 Å². The van der Waals surface area contributed by atoms with Crippen LogP contribution in [-0.2, 0) is 0 Å². The Kier molecular flexibility index (Phi) is 6.45. The molecule has 1 saturated carbocycles. The van der Waals surface area contributed by atoms with Crippen molar-refractivity contribution in [3.8, 4) is 0 Å². The van der Waals surface area contributed by atoms with Gasteiger partial charge in [0.2, 0.25) is 0 Å². The molecule has 0 aromatic heterocycles. The van der Waals surface area contributed by atoms with E-state index < -0.39 is 0 Å². The number of hydrogen-bond donors (Lipinski definition) is 1. The molecule has 0 amide bonds. The van der Waals surface area contributed by atoms with Crippen molar-refractivity contribution in [2.45, 2.75) is 51.7 Å². The Bertz CT molecular complexity index is 198. The molecule has 0 heterocycles. The summed E-state index contributed by atoms with van der Waals surface area (Å²) in [4.78, 5) is 4.89. The molecule has 3 heteroatoms. The largest absolute Gasteiger partial charge is 0.393 e. The Morgan fingerprint density at radius 3 is 2.12 bits per heavy atom.